The van der Waals surface area contributed by atoms with E-state index in [1.807, 2.05) is 39.0 Å². The van der Waals surface area contributed by atoms with E-state index in [9.17, 15) is 9.90 Å². The Morgan fingerprint density at radius 2 is 2.00 bits per heavy atom. The van der Waals surface area contributed by atoms with Crippen molar-refractivity contribution in [2.45, 2.75) is 33.6 Å². The van der Waals surface area contributed by atoms with Crippen molar-refractivity contribution in [3.05, 3.63) is 45.2 Å². The molecule has 1 aromatic carbocycles. The van der Waals surface area contributed by atoms with Gasteiger partial charge in [0.15, 0.2) is 0 Å². The molecule has 0 unspecified atom stereocenters. The largest absolute Gasteiger partial charge is 0.493 e. The van der Waals surface area contributed by atoms with Gasteiger partial charge in [-0.25, -0.2) is 0 Å². The maximum atomic E-state index is 11.9. The van der Waals surface area contributed by atoms with E-state index in [1.165, 1.54) is 5.56 Å². The second-order valence-electron chi connectivity index (χ2n) is 4.77. The summed E-state index contributed by atoms with van der Waals surface area (Å²) in [6, 6.07) is 5.81. The van der Waals surface area contributed by atoms with Gasteiger partial charge in [0.2, 0.25) is 5.88 Å². The van der Waals surface area contributed by atoms with Crippen LogP contribution in [0.25, 0.3) is 11.4 Å². The molecule has 2 N–H and O–H groups in total. The van der Waals surface area contributed by atoms with Gasteiger partial charge in [-0.2, -0.15) is 4.98 Å². The van der Waals surface area contributed by atoms with Crippen molar-refractivity contribution < 1.29 is 5.11 Å². The number of benzene rings is 1. The van der Waals surface area contributed by atoms with Crippen molar-refractivity contribution in [1.29, 1.82) is 0 Å². The normalized spacial score (nSPS) is 10.7. The monoisotopic (exact) mass is 258 g/mol. The minimum absolute atomic E-state index is 0.168. The average Bonchev–Trinajstić information content (AvgIpc) is 2.37. The highest BCUT2D eigenvalue weighted by molar-refractivity contribution is 5.57. The Hall–Kier alpha value is -2.10. The van der Waals surface area contributed by atoms with Gasteiger partial charge in [-0.3, -0.25) is 4.79 Å². The minimum atomic E-state index is -0.262. The van der Waals surface area contributed by atoms with Crippen LogP contribution in [0.1, 0.15) is 30.0 Å². The Labute approximate surface area is 112 Å². The first-order chi connectivity index (χ1) is 9.02. The molecule has 0 aliphatic carbocycles. The zero-order valence-corrected chi connectivity index (χ0v) is 11.4. The van der Waals surface area contributed by atoms with Crippen molar-refractivity contribution in [2.75, 3.05) is 0 Å². The van der Waals surface area contributed by atoms with Gasteiger partial charge in [-0.1, -0.05) is 25.5 Å². The summed E-state index contributed by atoms with van der Waals surface area (Å²) in [6.07, 6.45) is 1.32. The molecule has 0 fully saturated rings. The fourth-order valence-electron chi connectivity index (χ4n) is 1.99. The van der Waals surface area contributed by atoms with Crippen LogP contribution in [-0.2, 0) is 6.42 Å². The van der Waals surface area contributed by atoms with Crippen molar-refractivity contribution in [1.82, 2.24) is 9.97 Å². The number of nitrogens with one attached hydrogen (secondary N) is 1. The maximum Gasteiger partial charge on any atom is 0.258 e. The molecule has 100 valence electrons. The van der Waals surface area contributed by atoms with Gasteiger partial charge in [0.1, 0.15) is 5.82 Å². The third kappa shape index (κ3) is 2.67. The van der Waals surface area contributed by atoms with Gasteiger partial charge >= 0.3 is 0 Å². The molecular weight excluding hydrogens is 240 g/mol. The smallest absolute Gasteiger partial charge is 0.258 e. The summed E-state index contributed by atoms with van der Waals surface area (Å²) >= 11 is 0. The molecular formula is C15H18N2O2. The number of H-pyrrole nitrogens is 1. The molecule has 4 heteroatoms. The Morgan fingerprint density at radius 3 is 2.58 bits per heavy atom. The van der Waals surface area contributed by atoms with E-state index in [1.54, 1.807) is 0 Å². The molecule has 0 atom stereocenters. The van der Waals surface area contributed by atoms with Gasteiger partial charge in [-0.05, 0) is 37.5 Å². The molecule has 0 aliphatic heterocycles. The molecule has 0 aliphatic rings. The predicted molar refractivity (Wildman–Crippen MR) is 75.4 cm³/mol. The standard InChI is InChI=1S/C15H18N2O2/c1-4-5-12-14(18)16-13(17-15(12)19)11-7-6-9(2)10(3)8-11/h6-8H,4-5H2,1-3H3,(H2,16,17,18,19). The molecule has 0 radical (unpaired) electrons. The molecule has 0 saturated carbocycles. The first-order valence-electron chi connectivity index (χ1n) is 6.42. The lowest BCUT2D eigenvalue weighted by atomic mass is 10.1. The number of rotatable bonds is 3. The van der Waals surface area contributed by atoms with Gasteiger partial charge in [-0.15, -0.1) is 0 Å². The molecule has 0 amide bonds. The Bertz CT molecular complexity index is 660. The Kier molecular flexibility index (Phi) is 3.69. The molecule has 0 spiro atoms. The van der Waals surface area contributed by atoms with Gasteiger partial charge in [0, 0.05) is 5.56 Å². The summed E-state index contributed by atoms with van der Waals surface area (Å²) in [4.78, 5) is 18.8. The molecule has 4 nitrogen and oxygen atoms in total. The maximum absolute atomic E-state index is 11.9. The molecule has 0 saturated heterocycles. The zero-order valence-electron chi connectivity index (χ0n) is 11.4. The predicted octanol–water partition coefficient (Wildman–Crippen LogP) is 2.71. The summed E-state index contributed by atoms with van der Waals surface area (Å²) in [5, 5.41) is 9.86. The van der Waals surface area contributed by atoms with Crippen LogP contribution in [0.15, 0.2) is 23.0 Å². The SMILES string of the molecule is CCCc1c(O)nc(-c2ccc(C)c(C)c2)[nH]c1=O. The van der Waals surface area contributed by atoms with E-state index in [0.717, 1.165) is 17.5 Å². The highest BCUT2D eigenvalue weighted by Gasteiger charge is 2.11. The van der Waals surface area contributed by atoms with Crippen LogP contribution in [0.5, 0.6) is 5.88 Å². The lowest BCUT2D eigenvalue weighted by Gasteiger charge is -2.07. The van der Waals surface area contributed by atoms with Crippen LogP contribution >= 0.6 is 0 Å². The Balaban J connectivity index is 2.52. The number of nitrogens with zero attached hydrogens (tertiary/aromatic N) is 1. The third-order valence-corrected chi connectivity index (χ3v) is 3.27. The van der Waals surface area contributed by atoms with Crippen LogP contribution < -0.4 is 5.56 Å². The number of aromatic amines is 1. The first-order valence-corrected chi connectivity index (χ1v) is 6.42. The van der Waals surface area contributed by atoms with Crippen molar-refractivity contribution in [3.8, 4) is 17.3 Å². The van der Waals surface area contributed by atoms with Crippen LogP contribution in [0, 0.1) is 13.8 Å². The van der Waals surface area contributed by atoms with E-state index in [4.69, 9.17) is 0 Å². The zero-order chi connectivity index (χ0) is 14.0. The van der Waals surface area contributed by atoms with E-state index in [2.05, 4.69) is 9.97 Å². The summed E-state index contributed by atoms with van der Waals surface area (Å²) in [6.45, 7) is 5.98. The van der Waals surface area contributed by atoms with Gasteiger partial charge in [0.25, 0.3) is 5.56 Å². The molecule has 0 bridgehead atoms. The fourth-order valence-corrected chi connectivity index (χ4v) is 1.99. The van der Waals surface area contributed by atoms with Crippen LogP contribution in [0.3, 0.4) is 0 Å². The summed E-state index contributed by atoms with van der Waals surface area (Å²) in [5.41, 5.74) is 3.20. The average molecular weight is 258 g/mol. The molecule has 2 rings (SSSR count). The van der Waals surface area contributed by atoms with Gasteiger partial charge in [0.05, 0.1) is 5.56 Å². The number of aryl methyl sites for hydroxylation is 2. The van der Waals surface area contributed by atoms with Crippen molar-refractivity contribution in [2.24, 2.45) is 0 Å². The molecule has 1 aromatic heterocycles. The lowest BCUT2D eigenvalue weighted by Crippen LogP contribution is -2.15. The topological polar surface area (TPSA) is 66.0 Å². The molecule has 19 heavy (non-hydrogen) atoms. The van der Waals surface area contributed by atoms with E-state index >= 15 is 0 Å². The van der Waals surface area contributed by atoms with E-state index in [-0.39, 0.29) is 11.4 Å². The Morgan fingerprint density at radius 1 is 1.26 bits per heavy atom. The summed E-state index contributed by atoms with van der Waals surface area (Å²) in [7, 11) is 0. The second-order valence-corrected chi connectivity index (χ2v) is 4.77. The first kappa shape index (κ1) is 13.3. The number of hydrogen-bond donors (Lipinski definition) is 2. The van der Waals surface area contributed by atoms with E-state index < -0.39 is 0 Å². The quantitative estimate of drug-likeness (QED) is 0.889. The lowest BCUT2D eigenvalue weighted by molar-refractivity contribution is 0.443. The van der Waals surface area contributed by atoms with Crippen molar-refractivity contribution >= 4 is 0 Å². The minimum Gasteiger partial charge on any atom is -0.493 e. The number of aromatic hydroxyl groups is 1. The molecule has 2 aromatic rings. The number of aromatic nitrogens is 2. The van der Waals surface area contributed by atoms with Crippen LogP contribution in [0.4, 0.5) is 0 Å². The highest BCUT2D eigenvalue weighted by Crippen LogP contribution is 2.20. The number of hydrogen-bond acceptors (Lipinski definition) is 3. The van der Waals surface area contributed by atoms with Crippen molar-refractivity contribution in [3.63, 3.8) is 0 Å². The van der Waals surface area contributed by atoms with Crippen LogP contribution in [0.2, 0.25) is 0 Å². The summed E-state index contributed by atoms with van der Waals surface area (Å²) in [5.74, 6) is 0.240. The fraction of sp³-hybridized carbons (Fsp3) is 0.333. The second kappa shape index (κ2) is 5.26. The summed E-state index contributed by atoms with van der Waals surface area (Å²) < 4.78 is 0. The van der Waals surface area contributed by atoms with E-state index in [0.29, 0.717) is 17.8 Å². The van der Waals surface area contributed by atoms with Crippen LogP contribution in [-0.4, -0.2) is 15.1 Å². The highest BCUT2D eigenvalue weighted by atomic mass is 16.3. The molecule has 1 heterocycles. The van der Waals surface area contributed by atoms with Gasteiger partial charge < -0.3 is 10.1 Å². The third-order valence-electron chi connectivity index (χ3n) is 3.27.